The molecule has 20 heavy (non-hydrogen) atoms. The van der Waals surface area contributed by atoms with Gasteiger partial charge in [-0.3, -0.25) is 4.79 Å². The van der Waals surface area contributed by atoms with Crippen LogP contribution in [-0.2, 0) is 14.3 Å². The molecule has 1 fully saturated rings. The Bertz CT molecular complexity index is 309. The predicted octanol–water partition coefficient (Wildman–Crippen LogP) is 2.19. The molecule has 2 unspecified atom stereocenters. The minimum absolute atomic E-state index is 0.00229. The fraction of sp³-hybridized carbons (Fsp3) is 0.933. The summed E-state index contributed by atoms with van der Waals surface area (Å²) < 4.78 is 11.4. The summed E-state index contributed by atoms with van der Waals surface area (Å²) >= 11 is 0. The summed E-state index contributed by atoms with van der Waals surface area (Å²) in [5, 5.41) is 12.6. The summed E-state index contributed by atoms with van der Waals surface area (Å²) in [5.74, 6) is -0.765. The van der Waals surface area contributed by atoms with E-state index in [1.54, 1.807) is 0 Å². The highest BCUT2D eigenvalue weighted by Gasteiger charge is 2.42. The molecule has 5 heteroatoms. The molecule has 2 N–H and O–H groups in total. The Hall–Kier alpha value is -0.650. The molecule has 1 saturated carbocycles. The average molecular weight is 287 g/mol. The molecule has 1 aliphatic carbocycles. The number of hydrogen-bond acceptors (Lipinski definition) is 4. The predicted molar refractivity (Wildman–Crippen MR) is 78.0 cm³/mol. The zero-order valence-electron chi connectivity index (χ0n) is 13.2. The van der Waals surface area contributed by atoms with Crippen molar-refractivity contribution in [3.8, 4) is 0 Å². The molecule has 0 amide bonds. The Morgan fingerprint density at radius 3 is 2.65 bits per heavy atom. The molecule has 0 aromatic rings. The molecule has 0 bridgehead atoms. The number of ether oxygens (including phenoxy) is 2. The maximum atomic E-state index is 11.5. The number of rotatable bonds is 7. The Kier molecular flexibility index (Phi) is 6.43. The van der Waals surface area contributed by atoms with Crippen molar-refractivity contribution in [2.45, 2.75) is 70.6 Å². The van der Waals surface area contributed by atoms with E-state index in [4.69, 9.17) is 9.47 Å². The Morgan fingerprint density at radius 1 is 1.40 bits per heavy atom. The maximum Gasteiger partial charge on any atom is 0.323 e. The standard InChI is InChI=1S/C15H29NO4/c1-5-16-15(13(17)18)8-6-7-12(11-15)19-9-10-20-14(2,3)4/h12,16H,5-11H2,1-4H3,(H,17,18). The number of hydrogen-bond donors (Lipinski definition) is 2. The lowest BCUT2D eigenvalue weighted by molar-refractivity contribution is -0.149. The number of nitrogens with one attached hydrogen (secondary N) is 1. The van der Waals surface area contributed by atoms with Crippen molar-refractivity contribution in [3.63, 3.8) is 0 Å². The average Bonchev–Trinajstić information content (AvgIpc) is 2.34. The molecule has 0 heterocycles. The van der Waals surface area contributed by atoms with Crippen molar-refractivity contribution in [2.24, 2.45) is 0 Å². The lowest BCUT2D eigenvalue weighted by atomic mass is 9.80. The molecule has 0 aromatic heterocycles. The molecule has 1 aliphatic rings. The fourth-order valence-electron chi connectivity index (χ4n) is 2.70. The number of carbonyl (C=O) groups is 1. The van der Waals surface area contributed by atoms with Crippen LogP contribution < -0.4 is 5.32 Å². The second-order valence-corrected chi connectivity index (χ2v) is 6.47. The summed E-state index contributed by atoms with van der Waals surface area (Å²) in [7, 11) is 0. The van der Waals surface area contributed by atoms with Gasteiger partial charge in [0.05, 0.1) is 24.9 Å². The number of carboxylic acids is 1. The van der Waals surface area contributed by atoms with E-state index < -0.39 is 11.5 Å². The van der Waals surface area contributed by atoms with E-state index in [9.17, 15) is 9.90 Å². The maximum absolute atomic E-state index is 11.5. The van der Waals surface area contributed by atoms with Crippen LogP contribution in [0.25, 0.3) is 0 Å². The van der Waals surface area contributed by atoms with Gasteiger partial charge in [0.25, 0.3) is 0 Å². The first kappa shape index (κ1) is 17.4. The van der Waals surface area contributed by atoms with Crippen molar-refractivity contribution in [2.75, 3.05) is 19.8 Å². The van der Waals surface area contributed by atoms with Crippen LogP contribution in [0.1, 0.15) is 53.4 Å². The number of aliphatic carboxylic acids is 1. The van der Waals surface area contributed by atoms with Gasteiger partial charge >= 0.3 is 5.97 Å². The van der Waals surface area contributed by atoms with Crippen molar-refractivity contribution in [1.82, 2.24) is 5.32 Å². The van der Waals surface area contributed by atoms with E-state index in [2.05, 4.69) is 5.32 Å². The summed E-state index contributed by atoms with van der Waals surface area (Å²) in [5.41, 5.74) is -0.979. The second kappa shape index (κ2) is 7.38. The van der Waals surface area contributed by atoms with E-state index in [1.807, 2.05) is 27.7 Å². The zero-order chi connectivity index (χ0) is 15.2. The third-order valence-electron chi connectivity index (χ3n) is 3.60. The van der Waals surface area contributed by atoms with E-state index in [-0.39, 0.29) is 11.7 Å². The van der Waals surface area contributed by atoms with Crippen LogP contribution in [0.5, 0.6) is 0 Å². The van der Waals surface area contributed by atoms with Gasteiger partial charge in [0.1, 0.15) is 5.54 Å². The van der Waals surface area contributed by atoms with E-state index >= 15 is 0 Å². The van der Waals surface area contributed by atoms with Crippen LogP contribution in [0.2, 0.25) is 0 Å². The first-order chi connectivity index (χ1) is 9.29. The van der Waals surface area contributed by atoms with Crippen molar-refractivity contribution < 1.29 is 19.4 Å². The van der Waals surface area contributed by atoms with E-state index in [0.717, 1.165) is 12.8 Å². The quantitative estimate of drug-likeness (QED) is 0.703. The van der Waals surface area contributed by atoms with Gasteiger partial charge in [-0.15, -0.1) is 0 Å². The Balaban J connectivity index is 2.42. The summed E-state index contributed by atoms with van der Waals surface area (Å²) in [6, 6.07) is 0. The molecule has 0 saturated heterocycles. The van der Waals surface area contributed by atoms with Gasteiger partial charge in [-0.1, -0.05) is 6.92 Å². The van der Waals surface area contributed by atoms with Crippen molar-refractivity contribution in [3.05, 3.63) is 0 Å². The lowest BCUT2D eigenvalue weighted by Gasteiger charge is -2.38. The van der Waals surface area contributed by atoms with Gasteiger partial charge in [0, 0.05) is 6.42 Å². The van der Waals surface area contributed by atoms with E-state index in [1.165, 1.54) is 0 Å². The lowest BCUT2D eigenvalue weighted by Crippen LogP contribution is -2.56. The molecule has 0 aromatic carbocycles. The molecule has 5 nitrogen and oxygen atoms in total. The molecule has 2 atom stereocenters. The highest BCUT2D eigenvalue weighted by atomic mass is 16.5. The van der Waals surface area contributed by atoms with Crippen LogP contribution in [0.15, 0.2) is 0 Å². The first-order valence-electron chi connectivity index (χ1n) is 7.53. The first-order valence-corrected chi connectivity index (χ1v) is 7.53. The topological polar surface area (TPSA) is 67.8 Å². The molecule has 0 radical (unpaired) electrons. The molecule has 1 rings (SSSR count). The number of likely N-dealkylation sites (N-methyl/N-ethyl adjacent to an activating group) is 1. The minimum atomic E-state index is -0.817. The van der Waals surface area contributed by atoms with Gasteiger partial charge in [-0.25, -0.2) is 0 Å². The molecule has 118 valence electrons. The fourth-order valence-corrected chi connectivity index (χ4v) is 2.70. The third-order valence-corrected chi connectivity index (χ3v) is 3.60. The molecular formula is C15H29NO4. The molecule has 0 aliphatic heterocycles. The normalized spacial score (nSPS) is 27.5. The number of carboxylic acid groups (broad SMARTS) is 1. The largest absolute Gasteiger partial charge is 0.480 e. The Labute approximate surface area is 122 Å². The highest BCUT2D eigenvalue weighted by Crippen LogP contribution is 2.30. The van der Waals surface area contributed by atoms with Crippen LogP contribution in [0, 0.1) is 0 Å². The van der Waals surface area contributed by atoms with Crippen molar-refractivity contribution >= 4 is 5.97 Å². The Morgan fingerprint density at radius 2 is 2.10 bits per heavy atom. The monoisotopic (exact) mass is 287 g/mol. The minimum Gasteiger partial charge on any atom is -0.480 e. The highest BCUT2D eigenvalue weighted by molar-refractivity contribution is 5.79. The van der Waals surface area contributed by atoms with Gasteiger partial charge < -0.3 is 19.9 Å². The smallest absolute Gasteiger partial charge is 0.323 e. The van der Waals surface area contributed by atoms with Gasteiger partial charge in [0.2, 0.25) is 0 Å². The van der Waals surface area contributed by atoms with Crippen LogP contribution in [0.4, 0.5) is 0 Å². The summed E-state index contributed by atoms with van der Waals surface area (Å²) in [6.07, 6.45) is 3.02. The van der Waals surface area contributed by atoms with Crippen LogP contribution in [0.3, 0.4) is 0 Å². The van der Waals surface area contributed by atoms with Gasteiger partial charge in [-0.05, 0) is 46.6 Å². The second-order valence-electron chi connectivity index (χ2n) is 6.47. The summed E-state index contributed by atoms with van der Waals surface area (Å²) in [6.45, 7) is 9.68. The van der Waals surface area contributed by atoms with Crippen LogP contribution in [-0.4, -0.2) is 48.1 Å². The SMILES string of the molecule is CCNC1(C(=O)O)CCCC(OCCOC(C)(C)C)C1. The summed E-state index contributed by atoms with van der Waals surface area (Å²) in [4.78, 5) is 11.5. The third kappa shape index (κ3) is 5.38. The zero-order valence-corrected chi connectivity index (χ0v) is 13.2. The van der Waals surface area contributed by atoms with Crippen LogP contribution >= 0.6 is 0 Å². The van der Waals surface area contributed by atoms with Crippen molar-refractivity contribution in [1.29, 1.82) is 0 Å². The molecular weight excluding hydrogens is 258 g/mol. The van der Waals surface area contributed by atoms with E-state index in [0.29, 0.717) is 32.6 Å². The molecule has 0 spiro atoms. The van der Waals surface area contributed by atoms with Gasteiger partial charge in [0.15, 0.2) is 0 Å². The van der Waals surface area contributed by atoms with Gasteiger partial charge in [-0.2, -0.15) is 0 Å².